The van der Waals surface area contributed by atoms with Gasteiger partial charge in [0, 0.05) is 24.4 Å². The highest BCUT2D eigenvalue weighted by molar-refractivity contribution is 7.99. The fourth-order valence-electron chi connectivity index (χ4n) is 1.74. The smallest absolute Gasteiger partial charge is 0.256 e. The zero-order valence-electron chi connectivity index (χ0n) is 11.0. The minimum Gasteiger partial charge on any atom is -0.339 e. The summed E-state index contributed by atoms with van der Waals surface area (Å²) < 4.78 is 3.12. The van der Waals surface area contributed by atoms with Gasteiger partial charge >= 0.3 is 0 Å². The number of benzene rings is 1. The van der Waals surface area contributed by atoms with Crippen LogP contribution in [-0.4, -0.2) is 30.2 Å². The third-order valence-corrected chi connectivity index (χ3v) is 3.25. The Hall–Kier alpha value is -0.870. The molecule has 1 aromatic rings. The summed E-state index contributed by atoms with van der Waals surface area (Å²) >= 11 is 7.44. The summed E-state index contributed by atoms with van der Waals surface area (Å²) in [6.45, 7) is 5.52. The number of hydrogen-bond acceptors (Lipinski definition) is 3. The van der Waals surface area contributed by atoms with E-state index >= 15 is 0 Å². The molecule has 0 radical (unpaired) electrons. The van der Waals surface area contributed by atoms with E-state index in [1.54, 1.807) is 12.1 Å². The topological polar surface area (TPSA) is 32.3 Å². The predicted molar refractivity (Wildman–Crippen MR) is 80.5 cm³/mol. The fraction of sp³-hybridized carbons (Fsp3) is 0.462. The number of anilines is 1. The molecule has 0 atom stereocenters. The van der Waals surface area contributed by atoms with Crippen LogP contribution in [0.3, 0.4) is 0 Å². The van der Waals surface area contributed by atoms with Crippen molar-refractivity contribution in [2.75, 3.05) is 24.1 Å². The van der Waals surface area contributed by atoms with Gasteiger partial charge in [-0.2, -0.15) is 0 Å². The fourth-order valence-corrected chi connectivity index (χ4v) is 2.31. The number of amides is 1. The molecule has 0 aromatic heterocycles. The van der Waals surface area contributed by atoms with Crippen molar-refractivity contribution in [3.05, 3.63) is 28.8 Å². The molecule has 100 valence electrons. The van der Waals surface area contributed by atoms with E-state index < -0.39 is 0 Å². The van der Waals surface area contributed by atoms with Crippen molar-refractivity contribution in [1.82, 2.24) is 4.90 Å². The third-order valence-electron chi connectivity index (χ3n) is 2.59. The highest BCUT2D eigenvalue weighted by Gasteiger charge is 2.17. The van der Waals surface area contributed by atoms with Gasteiger partial charge in [-0.25, -0.2) is 0 Å². The summed E-state index contributed by atoms with van der Waals surface area (Å²) in [4.78, 5) is 14.3. The van der Waals surface area contributed by atoms with E-state index in [1.807, 2.05) is 24.1 Å². The Morgan fingerprint density at radius 3 is 2.72 bits per heavy atom. The molecule has 0 saturated heterocycles. The lowest BCUT2D eigenvalue weighted by Gasteiger charge is -2.21. The molecule has 0 aliphatic rings. The third kappa shape index (κ3) is 3.82. The van der Waals surface area contributed by atoms with E-state index in [1.165, 1.54) is 11.9 Å². The summed E-state index contributed by atoms with van der Waals surface area (Å²) in [6.07, 6.45) is 2.87. The van der Waals surface area contributed by atoms with E-state index in [9.17, 15) is 4.79 Å². The largest absolute Gasteiger partial charge is 0.339 e. The molecule has 0 fully saturated rings. The standard InChI is InChI=1S/C13H19ClN2OS/c1-4-8-16(5-2)13(17)11-9-10(14)6-7-12(11)15-18-3/h6-7,9,15H,4-5,8H2,1-3H3. The van der Waals surface area contributed by atoms with Crippen LogP contribution < -0.4 is 4.72 Å². The average molecular weight is 287 g/mol. The Morgan fingerprint density at radius 2 is 2.17 bits per heavy atom. The van der Waals surface area contributed by atoms with Gasteiger partial charge in [-0.05, 0) is 31.5 Å². The zero-order chi connectivity index (χ0) is 13.5. The first-order chi connectivity index (χ1) is 8.63. The molecule has 1 N–H and O–H groups in total. The Labute approximate surface area is 118 Å². The molecular formula is C13H19ClN2OS. The molecule has 1 aromatic carbocycles. The highest BCUT2D eigenvalue weighted by atomic mass is 35.5. The van der Waals surface area contributed by atoms with Gasteiger partial charge in [0.2, 0.25) is 0 Å². The van der Waals surface area contributed by atoms with Gasteiger partial charge in [-0.1, -0.05) is 30.5 Å². The highest BCUT2D eigenvalue weighted by Crippen LogP contribution is 2.24. The van der Waals surface area contributed by atoms with Crippen molar-refractivity contribution in [2.45, 2.75) is 20.3 Å². The van der Waals surface area contributed by atoms with Crippen LogP contribution in [0.4, 0.5) is 5.69 Å². The van der Waals surface area contributed by atoms with Crippen LogP contribution in [0.15, 0.2) is 18.2 Å². The number of halogens is 1. The molecule has 1 amide bonds. The van der Waals surface area contributed by atoms with Crippen molar-refractivity contribution in [3.8, 4) is 0 Å². The average Bonchev–Trinajstić information content (AvgIpc) is 2.37. The Kier molecular flexibility index (Phi) is 6.36. The Balaban J connectivity index is 3.05. The quantitative estimate of drug-likeness (QED) is 0.805. The summed E-state index contributed by atoms with van der Waals surface area (Å²) in [7, 11) is 0. The van der Waals surface area contributed by atoms with Gasteiger partial charge in [0.05, 0.1) is 11.3 Å². The maximum Gasteiger partial charge on any atom is 0.256 e. The first kappa shape index (κ1) is 15.2. The summed E-state index contributed by atoms with van der Waals surface area (Å²) in [5, 5.41) is 0.581. The lowest BCUT2D eigenvalue weighted by Crippen LogP contribution is -2.31. The van der Waals surface area contributed by atoms with Gasteiger partial charge in [0.15, 0.2) is 0 Å². The first-order valence-electron chi connectivity index (χ1n) is 6.01. The maximum atomic E-state index is 12.4. The number of nitrogens with zero attached hydrogens (tertiary/aromatic N) is 1. The molecule has 5 heteroatoms. The summed E-state index contributed by atoms with van der Waals surface area (Å²) in [5.74, 6) is 0.0263. The second-order valence-corrected chi connectivity index (χ2v) is 4.93. The first-order valence-corrected chi connectivity index (χ1v) is 7.62. The lowest BCUT2D eigenvalue weighted by atomic mass is 10.1. The van der Waals surface area contributed by atoms with E-state index in [4.69, 9.17) is 11.6 Å². The number of carbonyl (C=O) groups is 1. The molecule has 18 heavy (non-hydrogen) atoms. The van der Waals surface area contributed by atoms with Crippen LogP contribution in [0.25, 0.3) is 0 Å². The molecule has 0 bridgehead atoms. The second-order valence-electron chi connectivity index (χ2n) is 3.88. The van der Waals surface area contributed by atoms with Crippen LogP contribution in [0, 0.1) is 0 Å². The number of nitrogens with one attached hydrogen (secondary N) is 1. The second kappa shape index (κ2) is 7.54. The monoisotopic (exact) mass is 286 g/mol. The predicted octanol–water partition coefficient (Wildman–Crippen LogP) is 3.90. The normalized spacial score (nSPS) is 10.2. The zero-order valence-corrected chi connectivity index (χ0v) is 12.6. The molecule has 0 saturated carbocycles. The lowest BCUT2D eigenvalue weighted by molar-refractivity contribution is 0.0765. The minimum absolute atomic E-state index is 0.0263. The number of hydrogen-bond donors (Lipinski definition) is 1. The van der Waals surface area contributed by atoms with Crippen LogP contribution in [0.5, 0.6) is 0 Å². The van der Waals surface area contributed by atoms with Crippen LogP contribution >= 0.6 is 23.5 Å². The summed E-state index contributed by atoms with van der Waals surface area (Å²) in [5.41, 5.74) is 1.44. The molecule has 0 aliphatic carbocycles. The number of rotatable bonds is 6. The van der Waals surface area contributed by atoms with Crippen molar-refractivity contribution < 1.29 is 4.79 Å². The molecule has 1 rings (SSSR count). The van der Waals surface area contributed by atoms with Crippen LogP contribution in [0.1, 0.15) is 30.6 Å². The maximum absolute atomic E-state index is 12.4. The van der Waals surface area contributed by atoms with Crippen molar-refractivity contribution in [1.29, 1.82) is 0 Å². The van der Waals surface area contributed by atoms with E-state index in [-0.39, 0.29) is 5.91 Å². The Bertz CT molecular complexity index is 412. The summed E-state index contributed by atoms with van der Waals surface area (Å²) in [6, 6.07) is 5.35. The molecular weight excluding hydrogens is 268 g/mol. The van der Waals surface area contributed by atoms with E-state index in [0.717, 1.165) is 18.7 Å². The SMILES string of the molecule is CCCN(CC)C(=O)c1cc(Cl)ccc1NSC. The van der Waals surface area contributed by atoms with Crippen molar-refractivity contribution in [2.24, 2.45) is 0 Å². The van der Waals surface area contributed by atoms with Gasteiger partial charge in [0.25, 0.3) is 5.91 Å². The van der Waals surface area contributed by atoms with Crippen LogP contribution in [0.2, 0.25) is 5.02 Å². The van der Waals surface area contributed by atoms with E-state index in [2.05, 4.69) is 11.6 Å². The molecule has 0 unspecified atom stereocenters. The minimum atomic E-state index is 0.0263. The van der Waals surface area contributed by atoms with Gasteiger partial charge in [0.1, 0.15) is 0 Å². The molecule has 3 nitrogen and oxygen atoms in total. The van der Waals surface area contributed by atoms with Gasteiger partial charge in [-0.3, -0.25) is 4.79 Å². The molecule has 0 aliphatic heterocycles. The van der Waals surface area contributed by atoms with Gasteiger partial charge < -0.3 is 9.62 Å². The Morgan fingerprint density at radius 1 is 1.44 bits per heavy atom. The molecule has 0 spiro atoms. The van der Waals surface area contributed by atoms with E-state index in [0.29, 0.717) is 17.1 Å². The number of carbonyl (C=O) groups excluding carboxylic acids is 1. The van der Waals surface area contributed by atoms with Gasteiger partial charge in [-0.15, -0.1) is 0 Å². The molecule has 0 heterocycles. The van der Waals surface area contributed by atoms with Crippen molar-refractivity contribution in [3.63, 3.8) is 0 Å². The van der Waals surface area contributed by atoms with Crippen LogP contribution in [-0.2, 0) is 0 Å². The van der Waals surface area contributed by atoms with Crippen molar-refractivity contribution >= 4 is 35.1 Å².